The van der Waals surface area contributed by atoms with Crippen molar-refractivity contribution >= 4 is 35.2 Å². The molecule has 5 aromatic rings. The molecule has 0 saturated carbocycles. The third-order valence-corrected chi connectivity index (χ3v) is 6.03. The minimum Gasteiger partial charge on any atom is -0.388 e. The van der Waals surface area contributed by atoms with Gasteiger partial charge in [-0.05, 0) is 47.0 Å². The van der Waals surface area contributed by atoms with Crippen molar-refractivity contribution in [2.24, 2.45) is 7.05 Å². The first kappa shape index (κ1) is 30.6. The van der Waals surface area contributed by atoms with Crippen LogP contribution in [0.25, 0.3) is 28.1 Å². The molecule has 3 aromatic carbocycles. The van der Waals surface area contributed by atoms with Crippen LogP contribution in [0, 0.1) is 5.82 Å². The molecule has 0 aliphatic heterocycles. The van der Waals surface area contributed by atoms with Crippen molar-refractivity contribution in [3.63, 3.8) is 0 Å². The average Bonchev–Trinajstić information content (AvgIpc) is 3.38. The maximum atomic E-state index is 14.9. The van der Waals surface area contributed by atoms with Crippen molar-refractivity contribution in [1.82, 2.24) is 14.8 Å². The first-order chi connectivity index (χ1) is 19.9. The molecule has 0 bridgehead atoms. The highest BCUT2D eigenvalue weighted by Gasteiger charge is 2.10. The van der Waals surface area contributed by atoms with Gasteiger partial charge in [0.1, 0.15) is 18.4 Å². The number of hydrogen-bond acceptors (Lipinski definition) is 6. The molecule has 2 heterocycles. The number of aromatic nitrogens is 3. The number of aryl methyl sites for hydroxylation is 1. The van der Waals surface area contributed by atoms with Gasteiger partial charge in [0.25, 0.3) is 0 Å². The summed E-state index contributed by atoms with van der Waals surface area (Å²) in [6.45, 7) is 0.399. The van der Waals surface area contributed by atoms with Gasteiger partial charge in [-0.15, -0.1) is 0 Å². The minimum absolute atomic E-state index is 0.254. The molecule has 0 N–H and O–H groups in total. The lowest BCUT2D eigenvalue weighted by Gasteiger charge is -2.20. The summed E-state index contributed by atoms with van der Waals surface area (Å²) >= 11 is 0. The fourth-order valence-electron chi connectivity index (χ4n) is 3.97. The molecule has 5 rings (SSSR count). The van der Waals surface area contributed by atoms with Crippen LogP contribution in [0.15, 0.2) is 97.5 Å². The number of nitrogens with zero attached hydrogens (tertiary/aromatic N) is 4. The first-order valence-corrected chi connectivity index (χ1v) is 12.8. The number of methoxy groups -OCH3 is 1. The van der Waals surface area contributed by atoms with Crippen molar-refractivity contribution in [2.45, 2.75) is 6.54 Å². The van der Waals surface area contributed by atoms with Crippen LogP contribution >= 0.6 is 0 Å². The molecule has 0 fully saturated rings. The molecule has 0 radical (unpaired) electrons. The van der Waals surface area contributed by atoms with Crippen molar-refractivity contribution in [1.29, 1.82) is 0 Å². The maximum Gasteiger partial charge on any atom is 0.150 e. The summed E-state index contributed by atoms with van der Waals surface area (Å²) in [6.07, 6.45) is 9.86. The quantitative estimate of drug-likeness (QED) is 0.172. The fraction of sp³-hybridized carbons (Fsp3) is 0.152. The Labute approximate surface area is 239 Å². The Morgan fingerprint density at radius 1 is 0.902 bits per heavy atom. The van der Waals surface area contributed by atoms with Gasteiger partial charge in [-0.3, -0.25) is 19.3 Å². The van der Waals surface area contributed by atoms with Gasteiger partial charge in [0, 0.05) is 57.6 Å². The predicted molar refractivity (Wildman–Crippen MR) is 162 cm³/mol. The van der Waals surface area contributed by atoms with Gasteiger partial charge in [0.2, 0.25) is 0 Å². The number of anilines is 1. The number of ether oxygens (including phenoxy) is 1. The molecular formula is C33H33FN4O3. The summed E-state index contributed by atoms with van der Waals surface area (Å²) in [6, 6.07) is 22.3. The zero-order valence-corrected chi connectivity index (χ0v) is 23.6. The largest absolute Gasteiger partial charge is 0.388 e. The van der Waals surface area contributed by atoms with Gasteiger partial charge in [0.15, 0.2) is 0 Å². The SMILES string of the molecule is CN(Cc1ccc(-c2ccc3c(cnn3C)c2)cc1F)c1cncc(/C=C/C=O)c1.COC.O=Cc1ccccc1. The molecule has 0 atom stereocenters. The van der Waals surface area contributed by atoms with E-state index >= 15 is 0 Å². The topological polar surface area (TPSA) is 77.3 Å². The van der Waals surface area contributed by atoms with E-state index in [0.717, 1.165) is 51.4 Å². The molecule has 0 spiro atoms. The number of fused-ring (bicyclic) bond motifs is 1. The van der Waals surface area contributed by atoms with E-state index in [1.165, 1.54) is 6.08 Å². The van der Waals surface area contributed by atoms with Crippen LogP contribution in [0.3, 0.4) is 0 Å². The fourth-order valence-corrected chi connectivity index (χ4v) is 3.97. The zero-order chi connectivity index (χ0) is 29.6. The molecule has 41 heavy (non-hydrogen) atoms. The van der Waals surface area contributed by atoms with E-state index in [9.17, 15) is 14.0 Å². The summed E-state index contributed by atoms with van der Waals surface area (Å²) in [7, 11) is 7.03. The Hall–Kier alpha value is -4.95. The van der Waals surface area contributed by atoms with Crippen molar-refractivity contribution in [3.8, 4) is 11.1 Å². The number of aldehydes is 2. The van der Waals surface area contributed by atoms with Crippen molar-refractivity contribution in [2.75, 3.05) is 26.2 Å². The highest BCUT2D eigenvalue weighted by Crippen LogP contribution is 2.27. The summed E-state index contributed by atoms with van der Waals surface area (Å²) in [5, 5.41) is 5.28. The molecule has 0 amide bonds. The number of carbonyl (C=O) groups is 2. The number of hydrogen-bond donors (Lipinski definition) is 0. The number of benzene rings is 3. The van der Waals surface area contributed by atoms with Crippen molar-refractivity contribution in [3.05, 3.63) is 120 Å². The maximum absolute atomic E-state index is 14.9. The Morgan fingerprint density at radius 2 is 1.61 bits per heavy atom. The molecule has 8 heteroatoms. The first-order valence-electron chi connectivity index (χ1n) is 12.8. The van der Waals surface area contributed by atoms with E-state index in [2.05, 4.69) is 14.8 Å². The summed E-state index contributed by atoms with van der Waals surface area (Å²) < 4.78 is 20.9. The van der Waals surface area contributed by atoms with Gasteiger partial charge in [-0.25, -0.2) is 4.39 Å². The van der Waals surface area contributed by atoms with E-state index in [1.54, 1.807) is 50.9 Å². The number of halogens is 1. The Morgan fingerprint density at radius 3 is 2.27 bits per heavy atom. The van der Waals surface area contributed by atoms with Gasteiger partial charge < -0.3 is 9.64 Å². The molecule has 0 saturated heterocycles. The lowest BCUT2D eigenvalue weighted by molar-refractivity contribution is -0.104. The molecule has 0 aliphatic rings. The Bertz CT molecular complexity index is 1600. The molecular weight excluding hydrogens is 519 g/mol. The van der Waals surface area contributed by atoms with Gasteiger partial charge in [-0.2, -0.15) is 5.10 Å². The van der Waals surface area contributed by atoms with Crippen molar-refractivity contribution < 1.29 is 18.7 Å². The summed E-state index contributed by atoms with van der Waals surface area (Å²) in [5.74, 6) is -0.254. The van der Waals surface area contributed by atoms with Gasteiger partial charge in [-0.1, -0.05) is 54.6 Å². The van der Waals surface area contributed by atoms with Crippen LogP contribution < -0.4 is 4.90 Å². The average molecular weight is 553 g/mol. The monoisotopic (exact) mass is 552 g/mol. The van der Waals surface area contributed by atoms with E-state index in [4.69, 9.17) is 0 Å². The third kappa shape index (κ3) is 8.78. The lowest BCUT2D eigenvalue weighted by Crippen LogP contribution is -2.17. The minimum atomic E-state index is -0.254. The Balaban J connectivity index is 0.000000354. The number of pyridine rings is 1. The van der Waals surface area contributed by atoms with Crippen LogP contribution in [0.4, 0.5) is 10.1 Å². The second kappa shape index (κ2) is 15.6. The van der Waals surface area contributed by atoms with Crippen LogP contribution in [0.5, 0.6) is 0 Å². The van der Waals surface area contributed by atoms with Crippen LogP contribution in [0.1, 0.15) is 21.5 Å². The standard InChI is InChI=1S/C24H21FN4O.C7H6O.C2H6O/c1-28(22-10-17(4-3-9-30)13-26-15-22)16-20-6-5-19(12-23(20)25)18-7-8-24-21(11-18)14-27-29(24)2;8-6-7-4-2-1-3-5-7;1-3-2/h3-15H,16H2,1-2H3;1-6H;1-2H3/b4-3+;;. The van der Waals surface area contributed by atoms with Gasteiger partial charge in [0.05, 0.1) is 23.6 Å². The highest BCUT2D eigenvalue weighted by molar-refractivity contribution is 5.84. The lowest BCUT2D eigenvalue weighted by atomic mass is 10.0. The smallest absolute Gasteiger partial charge is 0.150 e. The number of allylic oxidation sites excluding steroid dienone is 1. The molecule has 210 valence electrons. The molecule has 0 unspecified atom stereocenters. The van der Waals surface area contributed by atoms with Crippen LogP contribution in [0.2, 0.25) is 0 Å². The second-order valence-corrected chi connectivity index (χ2v) is 9.11. The van der Waals surface area contributed by atoms with E-state index in [1.807, 2.05) is 84.5 Å². The van der Waals surface area contributed by atoms with E-state index < -0.39 is 0 Å². The third-order valence-electron chi connectivity index (χ3n) is 6.03. The predicted octanol–water partition coefficient (Wildman–Crippen LogP) is 6.38. The van der Waals surface area contributed by atoms with Gasteiger partial charge >= 0.3 is 0 Å². The van der Waals surface area contributed by atoms with Crippen LogP contribution in [-0.4, -0.2) is 48.6 Å². The van der Waals surface area contributed by atoms with E-state index in [0.29, 0.717) is 12.1 Å². The second-order valence-electron chi connectivity index (χ2n) is 9.11. The Kier molecular flexibility index (Phi) is 11.6. The highest BCUT2D eigenvalue weighted by atomic mass is 19.1. The summed E-state index contributed by atoms with van der Waals surface area (Å²) in [5.41, 5.74) is 5.79. The van der Waals surface area contributed by atoms with Crippen LogP contribution in [-0.2, 0) is 23.1 Å². The summed E-state index contributed by atoms with van der Waals surface area (Å²) in [4.78, 5) is 26.6. The number of rotatable bonds is 7. The normalized spacial score (nSPS) is 10.4. The van der Waals surface area contributed by atoms with E-state index in [-0.39, 0.29) is 5.82 Å². The molecule has 2 aromatic heterocycles. The zero-order valence-electron chi connectivity index (χ0n) is 23.6. The molecule has 7 nitrogen and oxygen atoms in total. The molecule has 0 aliphatic carbocycles. The number of carbonyl (C=O) groups excluding carboxylic acids is 2.